The summed E-state index contributed by atoms with van der Waals surface area (Å²) in [7, 11) is 0. The number of alkyl carbamates (subject to hydrolysis) is 1. The predicted octanol–water partition coefficient (Wildman–Crippen LogP) is 3.45. The lowest BCUT2D eigenvalue weighted by molar-refractivity contribution is 0.0523. The van der Waals surface area contributed by atoms with Crippen LogP contribution in [-0.2, 0) is 11.3 Å². The Morgan fingerprint density at radius 2 is 2.00 bits per heavy atom. The van der Waals surface area contributed by atoms with Gasteiger partial charge < -0.3 is 15.2 Å². The second-order valence-electron chi connectivity index (χ2n) is 5.05. The van der Waals surface area contributed by atoms with Gasteiger partial charge >= 0.3 is 12.2 Å². The first kappa shape index (κ1) is 16.1. The van der Waals surface area contributed by atoms with Crippen LogP contribution >= 0.6 is 11.6 Å². The maximum atomic E-state index is 11.6. The van der Waals surface area contributed by atoms with Crippen molar-refractivity contribution < 1.29 is 19.4 Å². The first-order valence-electron chi connectivity index (χ1n) is 5.93. The fourth-order valence-electron chi connectivity index (χ4n) is 1.45. The summed E-state index contributed by atoms with van der Waals surface area (Å²) < 4.78 is 5.09. The second kappa shape index (κ2) is 6.47. The van der Waals surface area contributed by atoms with Crippen molar-refractivity contribution in [1.29, 1.82) is 0 Å². The summed E-state index contributed by atoms with van der Waals surface area (Å²) in [5.74, 6) is 0. The number of carbonyl (C=O) groups excluding carboxylic acids is 1. The highest BCUT2D eigenvalue weighted by Crippen LogP contribution is 2.24. The fraction of sp³-hybridized carbons (Fsp3) is 0.385. The average Bonchev–Trinajstić information content (AvgIpc) is 2.24. The van der Waals surface area contributed by atoms with Gasteiger partial charge in [-0.15, -0.1) is 0 Å². The summed E-state index contributed by atoms with van der Waals surface area (Å²) in [6.45, 7) is 5.31. The van der Waals surface area contributed by atoms with Crippen molar-refractivity contribution in [3.63, 3.8) is 0 Å². The van der Waals surface area contributed by atoms with Gasteiger partial charge in [0.05, 0.1) is 5.69 Å². The van der Waals surface area contributed by atoms with Gasteiger partial charge in [0.2, 0.25) is 0 Å². The summed E-state index contributed by atoms with van der Waals surface area (Å²) in [6, 6.07) is 4.79. The van der Waals surface area contributed by atoms with E-state index >= 15 is 0 Å². The largest absolute Gasteiger partial charge is 0.465 e. The SMILES string of the molecule is CC(C)(C)OC(=O)NCc1c(Cl)cccc1NC(=O)O. The zero-order valence-electron chi connectivity index (χ0n) is 11.5. The number of ether oxygens (including phenoxy) is 1. The van der Waals surface area contributed by atoms with E-state index in [-0.39, 0.29) is 6.54 Å². The van der Waals surface area contributed by atoms with E-state index < -0.39 is 17.8 Å². The number of hydrogen-bond donors (Lipinski definition) is 3. The molecular weight excluding hydrogens is 284 g/mol. The van der Waals surface area contributed by atoms with Gasteiger partial charge in [-0.1, -0.05) is 17.7 Å². The number of carbonyl (C=O) groups is 2. The molecule has 0 aliphatic carbocycles. The Kier molecular flexibility index (Phi) is 5.21. The molecule has 1 aromatic rings. The van der Waals surface area contributed by atoms with Crippen LogP contribution < -0.4 is 10.6 Å². The molecule has 0 radical (unpaired) electrons. The first-order chi connectivity index (χ1) is 9.19. The Balaban J connectivity index is 2.77. The van der Waals surface area contributed by atoms with Crippen molar-refractivity contribution in [2.45, 2.75) is 32.9 Å². The van der Waals surface area contributed by atoms with Crippen LogP contribution in [0.3, 0.4) is 0 Å². The Labute approximate surface area is 122 Å². The van der Waals surface area contributed by atoms with E-state index in [0.29, 0.717) is 16.3 Å². The normalized spacial score (nSPS) is 10.8. The van der Waals surface area contributed by atoms with Crippen molar-refractivity contribution in [2.75, 3.05) is 5.32 Å². The first-order valence-corrected chi connectivity index (χ1v) is 6.31. The smallest absolute Gasteiger partial charge is 0.409 e. The van der Waals surface area contributed by atoms with Crippen molar-refractivity contribution in [3.8, 4) is 0 Å². The molecule has 0 spiro atoms. The Morgan fingerprint density at radius 1 is 1.35 bits per heavy atom. The van der Waals surface area contributed by atoms with Crippen LogP contribution in [-0.4, -0.2) is 22.9 Å². The zero-order valence-corrected chi connectivity index (χ0v) is 12.2. The highest BCUT2D eigenvalue weighted by molar-refractivity contribution is 6.31. The summed E-state index contributed by atoms with van der Waals surface area (Å²) in [6.07, 6.45) is -1.80. The lowest BCUT2D eigenvalue weighted by Gasteiger charge is -2.20. The molecule has 7 heteroatoms. The lowest BCUT2D eigenvalue weighted by atomic mass is 10.1. The van der Waals surface area contributed by atoms with Crippen molar-refractivity contribution in [3.05, 3.63) is 28.8 Å². The van der Waals surface area contributed by atoms with E-state index in [4.69, 9.17) is 21.4 Å². The molecule has 0 aliphatic heterocycles. The summed E-state index contributed by atoms with van der Waals surface area (Å²) in [5.41, 5.74) is 0.190. The number of hydrogen-bond acceptors (Lipinski definition) is 3. The van der Waals surface area contributed by atoms with Gasteiger partial charge in [0.1, 0.15) is 5.60 Å². The monoisotopic (exact) mass is 300 g/mol. The molecule has 1 rings (SSSR count). The molecule has 0 aromatic heterocycles. The van der Waals surface area contributed by atoms with Crippen LogP contribution in [0.25, 0.3) is 0 Å². The molecule has 6 nitrogen and oxygen atoms in total. The van der Waals surface area contributed by atoms with E-state index in [1.54, 1.807) is 39.0 Å². The molecule has 0 heterocycles. The minimum absolute atomic E-state index is 0.0597. The highest BCUT2D eigenvalue weighted by atomic mass is 35.5. The summed E-state index contributed by atoms with van der Waals surface area (Å²) in [4.78, 5) is 22.3. The number of rotatable bonds is 3. The second-order valence-corrected chi connectivity index (χ2v) is 5.46. The maximum Gasteiger partial charge on any atom is 0.409 e. The molecule has 0 fully saturated rings. The molecule has 110 valence electrons. The molecule has 20 heavy (non-hydrogen) atoms. The molecular formula is C13H17ClN2O4. The number of carboxylic acid groups (broad SMARTS) is 1. The van der Waals surface area contributed by atoms with Crippen LogP contribution in [0, 0.1) is 0 Å². The third kappa shape index (κ3) is 5.36. The molecule has 0 saturated carbocycles. The summed E-state index contributed by atoms with van der Waals surface area (Å²) in [5, 5.41) is 13.9. The number of halogens is 1. The van der Waals surface area contributed by atoms with E-state index in [9.17, 15) is 9.59 Å². The van der Waals surface area contributed by atoms with Crippen LogP contribution in [0.4, 0.5) is 15.3 Å². The minimum atomic E-state index is -1.20. The quantitative estimate of drug-likeness (QED) is 0.797. The molecule has 0 saturated heterocycles. The third-order valence-corrected chi connectivity index (χ3v) is 2.52. The Morgan fingerprint density at radius 3 is 2.55 bits per heavy atom. The zero-order chi connectivity index (χ0) is 15.3. The van der Waals surface area contributed by atoms with Crippen LogP contribution in [0.2, 0.25) is 5.02 Å². The van der Waals surface area contributed by atoms with Crippen LogP contribution in [0.1, 0.15) is 26.3 Å². The van der Waals surface area contributed by atoms with Gasteiger partial charge in [0.15, 0.2) is 0 Å². The third-order valence-electron chi connectivity index (χ3n) is 2.17. The van der Waals surface area contributed by atoms with Gasteiger partial charge in [-0.2, -0.15) is 0 Å². The number of nitrogens with one attached hydrogen (secondary N) is 2. The topological polar surface area (TPSA) is 87.7 Å². The van der Waals surface area contributed by atoms with E-state index in [1.807, 2.05) is 0 Å². The number of amides is 2. The molecule has 3 N–H and O–H groups in total. The van der Waals surface area contributed by atoms with Crippen molar-refractivity contribution in [1.82, 2.24) is 5.32 Å². The van der Waals surface area contributed by atoms with E-state index in [2.05, 4.69) is 10.6 Å². The Bertz CT molecular complexity index is 512. The van der Waals surface area contributed by atoms with Crippen LogP contribution in [0.15, 0.2) is 18.2 Å². The van der Waals surface area contributed by atoms with E-state index in [1.165, 1.54) is 0 Å². The fourth-order valence-corrected chi connectivity index (χ4v) is 1.69. The van der Waals surface area contributed by atoms with Crippen LogP contribution in [0.5, 0.6) is 0 Å². The molecule has 0 aliphatic rings. The molecule has 0 unspecified atom stereocenters. The molecule has 1 aromatic carbocycles. The Hall–Kier alpha value is -1.95. The van der Waals surface area contributed by atoms with Crippen molar-refractivity contribution in [2.24, 2.45) is 0 Å². The van der Waals surface area contributed by atoms with Crippen molar-refractivity contribution >= 4 is 29.5 Å². The molecule has 2 amide bonds. The highest BCUT2D eigenvalue weighted by Gasteiger charge is 2.17. The van der Waals surface area contributed by atoms with Gasteiger partial charge in [-0.25, -0.2) is 9.59 Å². The molecule has 0 bridgehead atoms. The minimum Gasteiger partial charge on any atom is -0.465 e. The van der Waals surface area contributed by atoms with Gasteiger partial charge in [-0.3, -0.25) is 5.32 Å². The summed E-state index contributed by atoms with van der Waals surface area (Å²) >= 11 is 6.00. The van der Waals surface area contributed by atoms with Gasteiger partial charge in [0, 0.05) is 17.1 Å². The van der Waals surface area contributed by atoms with Gasteiger partial charge in [-0.05, 0) is 32.9 Å². The standard InChI is InChI=1S/C13H17ClN2O4/c1-13(2,3)20-12(19)15-7-8-9(14)5-4-6-10(8)16-11(17)18/h4-6,16H,7H2,1-3H3,(H,15,19)(H,17,18). The molecule has 0 atom stereocenters. The van der Waals surface area contributed by atoms with Gasteiger partial charge in [0.25, 0.3) is 0 Å². The number of anilines is 1. The maximum absolute atomic E-state index is 11.6. The predicted molar refractivity (Wildman–Crippen MR) is 76.2 cm³/mol. The lowest BCUT2D eigenvalue weighted by Crippen LogP contribution is -2.32. The number of benzene rings is 1. The van der Waals surface area contributed by atoms with E-state index in [0.717, 1.165) is 0 Å². The average molecular weight is 301 g/mol.